The van der Waals surface area contributed by atoms with Gasteiger partial charge in [-0.05, 0) is 60.6 Å². The number of rotatable bonds is 4. The molecule has 2 aromatic heterocycles. The maximum absolute atomic E-state index is 13.3. The molecule has 32 heavy (non-hydrogen) atoms. The third-order valence-corrected chi connectivity index (χ3v) is 6.85. The van der Waals surface area contributed by atoms with Gasteiger partial charge in [-0.25, -0.2) is 4.39 Å². The van der Waals surface area contributed by atoms with Crippen molar-refractivity contribution >= 4 is 5.82 Å². The Kier molecular flexibility index (Phi) is 4.13. The third kappa shape index (κ3) is 3.07. The summed E-state index contributed by atoms with van der Waals surface area (Å²) < 4.78 is 21.1. The minimum absolute atomic E-state index is 0.183. The maximum atomic E-state index is 13.3. The molecule has 3 aromatic rings. The average molecular weight is 435 g/mol. The van der Waals surface area contributed by atoms with Crippen molar-refractivity contribution in [1.82, 2.24) is 19.4 Å². The number of aromatic nitrogens is 3. The number of benzene rings is 1. The van der Waals surface area contributed by atoms with Gasteiger partial charge in [0.05, 0.1) is 12.2 Å². The first kappa shape index (κ1) is 19.4. The van der Waals surface area contributed by atoms with E-state index in [4.69, 9.17) is 9.72 Å². The summed E-state index contributed by atoms with van der Waals surface area (Å²) in [5.41, 5.74) is 3.67. The number of halogens is 1. The molecular formula is C23H22FN5O3. The summed E-state index contributed by atoms with van der Waals surface area (Å²) in [5.74, 6) is -0.434. The van der Waals surface area contributed by atoms with Gasteiger partial charge in [-0.1, -0.05) is 6.07 Å². The summed E-state index contributed by atoms with van der Waals surface area (Å²) in [6.45, 7) is 3.30. The van der Waals surface area contributed by atoms with Crippen LogP contribution in [-0.4, -0.2) is 42.5 Å². The van der Waals surface area contributed by atoms with Crippen molar-refractivity contribution in [1.29, 1.82) is 0 Å². The fourth-order valence-electron chi connectivity index (χ4n) is 5.46. The van der Waals surface area contributed by atoms with Crippen molar-refractivity contribution in [2.45, 2.75) is 50.4 Å². The maximum Gasteiger partial charge on any atom is 0.415 e. The number of ether oxygens (including phenoxy) is 1. The summed E-state index contributed by atoms with van der Waals surface area (Å²) in [6, 6.07) is 11.6. The van der Waals surface area contributed by atoms with E-state index in [0.717, 1.165) is 42.8 Å². The Balaban J connectivity index is 1.23. The Bertz CT molecular complexity index is 1200. The van der Waals surface area contributed by atoms with Gasteiger partial charge in [-0.2, -0.15) is 0 Å². The molecule has 1 aromatic carbocycles. The Morgan fingerprint density at radius 2 is 2.03 bits per heavy atom. The normalized spacial score (nSPS) is 25.9. The second-order valence-electron chi connectivity index (χ2n) is 9.18. The van der Waals surface area contributed by atoms with Crippen LogP contribution in [0.4, 0.5) is 10.2 Å². The van der Waals surface area contributed by atoms with Crippen LogP contribution in [0.25, 0.3) is 11.3 Å². The molecule has 0 aliphatic carbocycles. The zero-order valence-electron chi connectivity index (χ0n) is 17.6. The van der Waals surface area contributed by atoms with Crippen molar-refractivity contribution in [3.8, 4) is 17.3 Å². The molecule has 164 valence electrons. The number of nitrogens with zero attached hydrogens (tertiary/aromatic N) is 5. The summed E-state index contributed by atoms with van der Waals surface area (Å²) >= 11 is 0. The molecule has 0 saturated carbocycles. The Labute approximate surface area is 183 Å². The zero-order chi connectivity index (χ0) is 22.0. The molecule has 3 aliphatic heterocycles. The van der Waals surface area contributed by atoms with Crippen LogP contribution in [0.3, 0.4) is 0 Å². The predicted octanol–water partition coefficient (Wildman–Crippen LogP) is 3.91. The van der Waals surface area contributed by atoms with E-state index in [9.17, 15) is 14.5 Å². The predicted molar refractivity (Wildman–Crippen MR) is 114 cm³/mol. The average Bonchev–Trinajstić information content (AvgIpc) is 3.36. The summed E-state index contributed by atoms with van der Waals surface area (Å²) in [5, 5.41) is 11.0. The quantitative estimate of drug-likeness (QED) is 0.456. The first-order chi connectivity index (χ1) is 15.4. The standard InChI is InChI=1S/C23H22FN5O3/c1-23(12-27-11-21(29(30)31)26-22(27)32-23)13-28-16-6-9-20(28)17-7-8-18(25-19(17)10-16)14-2-4-15(24)5-3-14/h2-5,7-8,11,16,20H,6,9-10,12-13H2,1H3/t16?,20?,23-/m1/s1. The lowest BCUT2D eigenvalue weighted by molar-refractivity contribution is -0.389. The summed E-state index contributed by atoms with van der Waals surface area (Å²) in [7, 11) is 0. The molecule has 2 bridgehead atoms. The monoisotopic (exact) mass is 435 g/mol. The minimum Gasteiger partial charge on any atom is -0.436 e. The highest BCUT2D eigenvalue weighted by molar-refractivity contribution is 5.60. The van der Waals surface area contributed by atoms with Crippen molar-refractivity contribution in [3.05, 3.63) is 69.8 Å². The van der Waals surface area contributed by atoms with E-state index in [1.807, 2.05) is 13.0 Å². The molecular weight excluding hydrogens is 413 g/mol. The van der Waals surface area contributed by atoms with Gasteiger partial charge in [0.1, 0.15) is 17.6 Å². The minimum atomic E-state index is -0.499. The van der Waals surface area contributed by atoms with Gasteiger partial charge >= 0.3 is 11.8 Å². The lowest BCUT2D eigenvalue weighted by Crippen LogP contribution is -2.49. The molecule has 6 rings (SSSR count). The highest BCUT2D eigenvalue weighted by Crippen LogP contribution is 2.45. The van der Waals surface area contributed by atoms with Gasteiger partial charge in [-0.15, -0.1) is 0 Å². The van der Waals surface area contributed by atoms with Crippen LogP contribution in [0.5, 0.6) is 6.01 Å². The number of pyridine rings is 1. The van der Waals surface area contributed by atoms with Crippen molar-refractivity contribution in [2.24, 2.45) is 0 Å². The number of fused-ring (bicyclic) bond motifs is 5. The summed E-state index contributed by atoms with van der Waals surface area (Å²) in [6.07, 6.45) is 4.48. The van der Waals surface area contributed by atoms with Crippen LogP contribution in [0, 0.1) is 15.9 Å². The van der Waals surface area contributed by atoms with E-state index in [0.29, 0.717) is 18.6 Å². The molecule has 3 aliphatic rings. The first-order valence-electron chi connectivity index (χ1n) is 10.8. The number of nitro groups is 1. The first-order valence-corrected chi connectivity index (χ1v) is 10.8. The van der Waals surface area contributed by atoms with E-state index >= 15 is 0 Å². The Morgan fingerprint density at radius 1 is 1.22 bits per heavy atom. The Hall–Kier alpha value is -3.33. The third-order valence-electron chi connectivity index (χ3n) is 6.85. The molecule has 9 heteroatoms. The highest BCUT2D eigenvalue weighted by atomic mass is 19.1. The SMILES string of the molecule is C[C@]1(CN2C3CCC2c2ccc(-c4ccc(F)cc4)nc2C3)Cn2cc([N+](=O)[O-])nc2O1. The van der Waals surface area contributed by atoms with Gasteiger partial charge in [0, 0.05) is 41.3 Å². The van der Waals surface area contributed by atoms with Gasteiger partial charge in [0.15, 0.2) is 0 Å². The number of imidazole rings is 1. The van der Waals surface area contributed by atoms with Crippen molar-refractivity contribution < 1.29 is 14.1 Å². The topological polar surface area (TPSA) is 86.3 Å². The van der Waals surface area contributed by atoms with Crippen LogP contribution in [0.15, 0.2) is 42.6 Å². The summed E-state index contributed by atoms with van der Waals surface area (Å²) in [4.78, 5) is 21.9. The van der Waals surface area contributed by atoms with E-state index in [-0.39, 0.29) is 17.7 Å². The highest BCUT2D eigenvalue weighted by Gasteiger charge is 2.47. The largest absolute Gasteiger partial charge is 0.436 e. The van der Waals surface area contributed by atoms with Gasteiger partial charge in [0.2, 0.25) is 0 Å². The van der Waals surface area contributed by atoms with Crippen LogP contribution >= 0.6 is 0 Å². The lowest BCUT2D eigenvalue weighted by atomic mass is 9.94. The van der Waals surface area contributed by atoms with Crippen LogP contribution in [-0.2, 0) is 13.0 Å². The van der Waals surface area contributed by atoms with E-state index in [1.165, 1.54) is 23.9 Å². The molecule has 0 N–H and O–H groups in total. The van der Waals surface area contributed by atoms with Crippen LogP contribution in [0.2, 0.25) is 0 Å². The molecule has 0 spiro atoms. The smallest absolute Gasteiger partial charge is 0.415 e. The van der Waals surface area contributed by atoms with Crippen LogP contribution < -0.4 is 4.74 Å². The van der Waals surface area contributed by atoms with Crippen LogP contribution in [0.1, 0.15) is 37.1 Å². The molecule has 2 unspecified atom stereocenters. The lowest BCUT2D eigenvalue weighted by Gasteiger charge is -2.39. The zero-order valence-corrected chi connectivity index (χ0v) is 17.6. The van der Waals surface area contributed by atoms with Crippen molar-refractivity contribution in [3.63, 3.8) is 0 Å². The van der Waals surface area contributed by atoms with Gasteiger partial charge in [-0.3, -0.25) is 14.5 Å². The molecule has 1 fully saturated rings. The molecule has 3 atom stereocenters. The molecule has 5 heterocycles. The molecule has 8 nitrogen and oxygen atoms in total. The molecule has 0 amide bonds. The van der Waals surface area contributed by atoms with Gasteiger partial charge < -0.3 is 14.9 Å². The van der Waals surface area contributed by atoms with E-state index < -0.39 is 10.5 Å². The van der Waals surface area contributed by atoms with Gasteiger partial charge in [0.25, 0.3) is 0 Å². The number of hydrogen-bond acceptors (Lipinski definition) is 6. The molecule has 0 radical (unpaired) electrons. The van der Waals surface area contributed by atoms with Crippen molar-refractivity contribution in [2.75, 3.05) is 6.54 Å². The second-order valence-corrected chi connectivity index (χ2v) is 9.18. The number of hydrogen-bond donors (Lipinski definition) is 0. The molecule has 1 saturated heterocycles. The fraction of sp³-hybridized carbons (Fsp3) is 0.391. The Morgan fingerprint density at radius 3 is 2.78 bits per heavy atom. The van der Waals surface area contributed by atoms with E-state index in [1.54, 1.807) is 16.7 Å². The second kappa shape index (κ2) is 6.83. The fourth-order valence-corrected chi connectivity index (χ4v) is 5.46. The van der Waals surface area contributed by atoms with E-state index in [2.05, 4.69) is 16.0 Å².